The van der Waals surface area contributed by atoms with Crippen LogP contribution in [0.5, 0.6) is 0 Å². The molecular formula is C19H16FN3O. The second-order valence-electron chi connectivity index (χ2n) is 6.14. The first-order valence-corrected chi connectivity index (χ1v) is 7.97. The lowest BCUT2D eigenvalue weighted by Crippen LogP contribution is -2.51. The molecule has 4 rings (SSSR count). The average Bonchev–Trinajstić information content (AvgIpc) is 2.58. The van der Waals surface area contributed by atoms with E-state index in [9.17, 15) is 9.18 Å². The highest BCUT2D eigenvalue weighted by Crippen LogP contribution is 2.41. The van der Waals surface area contributed by atoms with Crippen LogP contribution in [0.1, 0.15) is 35.3 Å². The summed E-state index contributed by atoms with van der Waals surface area (Å²) in [7, 11) is 0. The topological polar surface area (TPSA) is 54.9 Å². The molecule has 0 unspecified atom stereocenters. The summed E-state index contributed by atoms with van der Waals surface area (Å²) < 4.78 is 13.2. The SMILES string of the molecule is O=C(NC1(c2ccc(F)cc2)CCC1)c1cnc2ccccc2n1. The summed E-state index contributed by atoms with van der Waals surface area (Å²) in [6, 6.07) is 13.8. The van der Waals surface area contributed by atoms with Crippen molar-refractivity contribution in [3.8, 4) is 0 Å². The molecule has 0 aliphatic heterocycles. The van der Waals surface area contributed by atoms with Crippen molar-refractivity contribution in [1.82, 2.24) is 15.3 Å². The third-order valence-electron chi connectivity index (χ3n) is 4.64. The molecule has 0 spiro atoms. The second kappa shape index (κ2) is 5.67. The molecule has 1 aliphatic rings. The fourth-order valence-corrected chi connectivity index (χ4v) is 3.13. The van der Waals surface area contributed by atoms with Crippen molar-refractivity contribution in [2.75, 3.05) is 0 Å². The van der Waals surface area contributed by atoms with Gasteiger partial charge in [-0.1, -0.05) is 24.3 Å². The molecule has 120 valence electrons. The van der Waals surface area contributed by atoms with Gasteiger partial charge in [0.25, 0.3) is 5.91 Å². The molecule has 1 aromatic heterocycles. The highest BCUT2D eigenvalue weighted by Gasteiger charge is 2.40. The lowest BCUT2D eigenvalue weighted by atomic mass is 9.71. The third-order valence-corrected chi connectivity index (χ3v) is 4.64. The summed E-state index contributed by atoms with van der Waals surface area (Å²) in [6.45, 7) is 0. The van der Waals surface area contributed by atoms with E-state index in [1.165, 1.54) is 18.3 Å². The fourth-order valence-electron chi connectivity index (χ4n) is 3.13. The fraction of sp³-hybridized carbons (Fsp3) is 0.211. The molecule has 0 bridgehead atoms. The van der Waals surface area contributed by atoms with E-state index in [0.29, 0.717) is 11.2 Å². The monoisotopic (exact) mass is 321 g/mol. The van der Waals surface area contributed by atoms with Gasteiger partial charge in [0.1, 0.15) is 11.5 Å². The molecule has 1 aliphatic carbocycles. The van der Waals surface area contributed by atoms with E-state index in [0.717, 1.165) is 30.3 Å². The predicted molar refractivity (Wildman–Crippen MR) is 88.9 cm³/mol. The van der Waals surface area contributed by atoms with Crippen LogP contribution in [-0.4, -0.2) is 15.9 Å². The minimum atomic E-state index is -0.432. The maximum absolute atomic E-state index is 13.2. The molecule has 24 heavy (non-hydrogen) atoms. The zero-order valence-electron chi connectivity index (χ0n) is 13.0. The van der Waals surface area contributed by atoms with Crippen LogP contribution in [0.25, 0.3) is 11.0 Å². The van der Waals surface area contributed by atoms with Crippen LogP contribution in [0.4, 0.5) is 4.39 Å². The van der Waals surface area contributed by atoms with Gasteiger partial charge in [0.2, 0.25) is 0 Å². The van der Waals surface area contributed by atoms with Crippen molar-refractivity contribution in [3.05, 3.63) is 71.8 Å². The molecule has 5 heteroatoms. The molecule has 4 nitrogen and oxygen atoms in total. The Bertz CT molecular complexity index is 904. The molecule has 1 heterocycles. The Morgan fingerprint density at radius 1 is 1.04 bits per heavy atom. The summed E-state index contributed by atoms with van der Waals surface area (Å²) in [5, 5.41) is 3.08. The van der Waals surface area contributed by atoms with Gasteiger partial charge < -0.3 is 5.32 Å². The Balaban J connectivity index is 1.62. The first-order valence-electron chi connectivity index (χ1n) is 7.97. The van der Waals surface area contributed by atoms with Gasteiger partial charge in [-0.25, -0.2) is 9.37 Å². The van der Waals surface area contributed by atoms with Crippen LogP contribution in [0.3, 0.4) is 0 Å². The van der Waals surface area contributed by atoms with Crippen molar-refractivity contribution in [1.29, 1.82) is 0 Å². The molecule has 3 aromatic rings. The molecule has 1 fully saturated rings. The smallest absolute Gasteiger partial charge is 0.272 e. The van der Waals surface area contributed by atoms with Crippen LogP contribution in [0.15, 0.2) is 54.7 Å². The number of nitrogens with zero attached hydrogens (tertiary/aromatic N) is 2. The predicted octanol–water partition coefficient (Wildman–Crippen LogP) is 3.58. The van der Waals surface area contributed by atoms with E-state index in [2.05, 4.69) is 15.3 Å². The summed E-state index contributed by atoms with van der Waals surface area (Å²) in [5.74, 6) is -0.530. The van der Waals surface area contributed by atoms with Gasteiger partial charge in [-0.05, 0) is 49.1 Å². The first-order chi connectivity index (χ1) is 11.7. The standard InChI is InChI=1S/C19H16FN3O/c20-14-8-6-13(7-9-14)19(10-3-11-19)23-18(24)17-12-21-15-4-1-2-5-16(15)22-17/h1-2,4-9,12H,3,10-11H2,(H,23,24). The highest BCUT2D eigenvalue weighted by molar-refractivity contribution is 5.94. The van der Waals surface area contributed by atoms with Crippen molar-refractivity contribution in [2.45, 2.75) is 24.8 Å². The number of nitrogens with one attached hydrogen (secondary N) is 1. The number of halogens is 1. The number of benzene rings is 2. The zero-order chi connectivity index (χ0) is 16.6. The maximum Gasteiger partial charge on any atom is 0.272 e. The van der Waals surface area contributed by atoms with Crippen LogP contribution >= 0.6 is 0 Å². The lowest BCUT2D eigenvalue weighted by molar-refractivity contribution is 0.0818. The minimum absolute atomic E-state index is 0.253. The van der Waals surface area contributed by atoms with Gasteiger partial charge in [-0.2, -0.15) is 0 Å². The van der Waals surface area contributed by atoms with Crippen LogP contribution < -0.4 is 5.32 Å². The first kappa shape index (κ1) is 14.8. The van der Waals surface area contributed by atoms with Gasteiger partial charge in [0, 0.05) is 0 Å². The number of hydrogen-bond donors (Lipinski definition) is 1. The van der Waals surface area contributed by atoms with E-state index >= 15 is 0 Å². The molecule has 1 saturated carbocycles. The number of carbonyl (C=O) groups is 1. The number of aromatic nitrogens is 2. The Labute approximate surface area is 138 Å². The Morgan fingerprint density at radius 3 is 2.42 bits per heavy atom. The minimum Gasteiger partial charge on any atom is -0.341 e. The molecule has 0 atom stereocenters. The number of fused-ring (bicyclic) bond motifs is 1. The Kier molecular flexibility index (Phi) is 3.49. The van der Waals surface area contributed by atoms with E-state index in [-0.39, 0.29) is 11.7 Å². The molecule has 2 aromatic carbocycles. The maximum atomic E-state index is 13.2. The average molecular weight is 321 g/mol. The van der Waals surface area contributed by atoms with E-state index in [4.69, 9.17) is 0 Å². The van der Waals surface area contributed by atoms with Crippen LogP contribution in [0.2, 0.25) is 0 Å². The molecule has 1 N–H and O–H groups in total. The van der Waals surface area contributed by atoms with Gasteiger partial charge in [0.05, 0.1) is 22.8 Å². The quantitative estimate of drug-likeness (QED) is 0.802. The number of para-hydroxylation sites is 2. The van der Waals surface area contributed by atoms with Crippen molar-refractivity contribution >= 4 is 16.9 Å². The van der Waals surface area contributed by atoms with Crippen molar-refractivity contribution in [3.63, 3.8) is 0 Å². The summed E-state index contributed by atoms with van der Waals surface area (Å²) in [5.41, 5.74) is 2.23. The highest BCUT2D eigenvalue weighted by atomic mass is 19.1. The summed E-state index contributed by atoms with van der Waals surface area (Å²) in [6.07, 6.45) is 4.20. The Morgan fingerprint density at radius 2 is 1.75 bits per heavy atom. The number of hydrogen-bond acceptors (Lipinski definition) is 3. The van der Waals surface area contributed by atoms with Gasteiger partial charge in [0.15, 0.2) is 0 Å². The molecule has 0 radical (unpaired) electrons. The molecular weight excluding hydrogens is 305 g/mol. The van der Waals surface area contributed by atoms with Crippen LogP contribution in [-0.2, 0) is 5.54 Å². The zero-order valence-corrected chi connectivity index (χ0v) is 13.0. The number of rotatable bonds is 3. The molecule has 1 amide bonds. The summed E-state index contributed by atoms with van der Waals surface area (Å²) >= 11 is 0. The third kappa shape index (κ3) is 2.52. The summed E-state index contributed by atoms with van der Waals surface area (Å²) in [4.78, 5) is 21.3. The Hall–Kier alpha value is -2.82. The van der Waals surface area contributed by atoms with Crippen molar-refractivity contribution in [2.24, 2.45) is 0 Å². The molecule has 0 saturated heterocycles. The van der Waals surface area contributed by atoms with E-state index in [1.54, 1.807) is 12.1 Å². The number of amides is 1. The van der Waals surface area contributed by atoms with Gasteiger partial charge in [-0.3, -0.25) is 9.78 Å². The van der Waals surface area contributed by atoms with Gasteiger partial charge >= 0.3 is 0 Å². The number of carbonyl (C=O) groups excluding carboxylic acids is 1. The normalized spacial score (nSPS) is 15.7. The largest absolute Gasteiger partial charge is 0.341 e. The second-order valence-corrected chi connectivity index (χ2v) is 6.14. The van der Waals surface area contributed by atoms with E-state index < -0.39 is 5.54 Å². The van der Waals surface area contributed by atoms with Crippen molar-refractivity contribution < 1.29 is 9.18 Å². The van der Waals surface area contributed by atoms with E-state index in [1.807, 2.05) is 24.3 Å². The lowest BCUT2D eigenvalue weighted by Gasteiger charge is -2.43. The van der Waals surface area contributed by atoms with Crippen LogP contribution in [0, 0.1) is 5.82 Å². The van der Waals surface area contributed by atoms with Gasteiger partial charge in [-0.15, -0.1) is 0 Å².